The number of aryl methyl sites for hydroxylation is 2. The van der Waals surface area contributed by atoms with E-state index in [1.54, 1.807) is 11.3 Å². The molecule has 24 heavy (non-hydrogen) atoms. The van der Waals surface area contributed by atoms with Gasteiger partial charge in [-0.1, -0.05) is 24.7 Å². The molecule has 0 spiro atoms. The number of anilines is 1. The molecule has 0 radical (unpaired) electrons. The van der Waals surface area contributed by atoms with Gasteiger partial charge in [0.1, 0.15) is 11.1 Å². The molecule has 1 fully saturated rings. The smallest absolute Gasteiger partial charge is 0.208 e. The number of aromatic nitrogens is 4. The van der Waals surface area contributed by atoms with Crippen molar-refractivity contribution >= 4 is 16.5 Å². The molecule has 4 rings (SSSR count). The Balaban J connectivity index is 1.52. The molecule has 2 aromatic rings. The topological polar surface area (TPSA) is 67.1 Å². The zero-order chi connectivity index (χ0) is 16.5. The van der Waals surface area contributed by atoms with Gasteiger partial charge in [0.2, 0.25) is 5.13 Å². The van der Waals surface area contributed by atoms with Crippen LogP contribution in [-0.2, 0) is 19.5 Å². The van der Waals surface area contributed by atoms with Gasteiger partial charge in [-0.2, -0.15) is 5.10 Å². The number of hydrogen-bond acceptors (Lipinski definition) is 6. The summed E-state index contributed by atoms with van der Waals surface area (Å²) in [6.07, 6.45) is 6.23. The van der Waals surface area contributed by atoms with Gasteiger partial charge in [-0.25, -0.2) is 0 Å². The highest BCUT2D eigenvalue weighted by molar-refractivity contribution is 7.15. The fourth-order valence-corrected chi connectivity index (χ4v) is 4.44. The molecule has 6 nitrogen and oxygen atoms in total. The van der Waals surface area contributed by atoms with Gasteiger partial charge in [0.25, 0.3) is 0 Å². The average Bonchev–Trinajstić information content (AvgIpc) is 3.08. The van der Waals surface area contributed by atoms with Crippen molar-refractivity contribution in [3.8, 4) is 0 Å². The summed E-state index contributed by atoms with van der Waals surface area (Å²) in [7, 11) is 0. The lowest BCUT2D eigenvalue weighted by atomic mass is 9.80. The highest BCUT2D eigenvalue weighted by Crippen LogP contribution is 2.37. The first kappa shape index (κ1) is 16.0. The highest BCUT2D eigenvalue weighted by Gasteiger charge is 2.30. The van der Waals surface area contributed by atoms with Gasteiger partial charge in [0.15, 0.2) is 0 Å². The maximum Gasteiger partial charge on any atom is 0.208 e. The molecule has 1 aliphatic carbocycles. The summed E-state index contributed by atoms with van der Waals surface area (Å²) in [4.78, 5) is 2.30. The molecule has 0 saturated heterocycles. The van der Waals surface area contributed by atoms with Gasteiger partial charge in [-0.15, -0.1) is 10.2 Å². The second-order valence-corrected chi connectivity index (χ2v) is 7.96. The van der Waals surface area contributed by atoms with Gasteiger partial charge < -0.3 is 10.0 Å². The number of hydrogen-bond donors (Lipinski definition) is 1. The van der Waals surface area contributed by atoms with Crippen molar-refractivity contribution in [2.45, 2.75) is 64.6 Å². The van der Waals surface area contributed by atoms with Crippen molar-refractivity contribution in [2.75, 3.05) is 11.4 Å². The lowest BCUT2D eigenvalue weighted by Gasteiger charge is -2.29. The van der Waals surface area contributed by atoms with Crippen LogP contribution in [0.4, 0.5) is 5.13 Å². The molecule has 0 bridgehead atoms. The Hall–Kier alpha value is -1.47. The van der Waals surface area contributed by atoms with Crippen LogP contribution < -0.4 is 4.90 Å². The van der Waals surface area contributed by atoms with Crippen molar-refractivity contribution in [2.24, 2.45) is 5.92 Å². The lowest BCUT2D eigenvalue weighted by molar-refractivity contribution is 0.0581. The molecule has 0 amide bonds. The molecular formula is C17H25N5OS. The second-order valence-electron chi connectivity index (χ2n) is 6.92. The molecule has 0 aromatic carbocycles. The van der Waals surface area contributed by atoms with Crippen molar-refractivity contribution in [3.63, 3.8) is 0 Å². The Bertz CT molecular complexity index is 693. The van der Waals surface area contributed by atoms with Gasteiger partial charge in [-0.05, 0) is 37.7 Å². The van der Waals surface area contributed by atoms with E-state index in [-0.39, 0.29) is 0 Å². The number of aliphatic hydroxyl groups excluding tert-OH is 1. The van der Waals surface area contributed by atoms with Crippen LogP contribution in [0.15, 0.2) is 6.07 Å². The molecular weight excluding hydrogens is 322 g/mol. The first-order valence-electron chi connectivity index (χ1n) is 9.06. The minimum absolute atomic E-state index is 0.399. The van der Waals surface area contributed by atoms with E-state index < -0.39 is 6.10 Å². The summed E-state index contributed by atoms with van der Waals surface area (Å²) < 4.78 is 2.07. The highest BCUT2D eigenvalue weighted by atomic mass is 32.1. The van der Waals surface area contributed by atoms with E-state index >= 15 is 0 Å². The van der Waals surface area contributed by atoms with Crippen molar-refractivity contribution in [1.82, 2.24) is 20.0 Å². The summed E-state index contributed by atoms with van der Waals surface area (Å²) in [6.45, 7) is 4.85. The predicted molar refractivity (Wildman–Crippen MR) is 94.1 cm³/mol. The molecule has 1 saturated carbocycles. The quantitative estimate of drug-likeness (QED) is 0.901. The van der Waals surface area contributed by atoms with E-state index in [9.17, 15) is 5.11 Å². The maximum atomic E-state index is 10.5. The first-order valence-corrected chi connectivity index (χ1v) is 9.88. The van der Waals surface area contributed by atoms with Crippen LogP contribution >= 0.6 is 11.3 Å². The van der Waals surface area contributed by atoms with Crippen LogP contribution in [0.3, 0.4) is 0 Å². The van der Waals surface area contributed by atoms with Crippen LogP contribution in [0, 0.1) is 5.92 Å². The predicted octanol–water partition coefficient (Wildman–Crippen LogP) is 2.93. The fraction of sp³-hybridized carbons (Fsp3) is 0.706. The largest absolute Gasteiger partial charge is 0.386 e. The zero-order valence-electron chi connectivity index (χ0n) is 14.2. The molecule has 2 aromatic heterocycles. The summed E-state index contributed by atoms with van der Waals surface area (Å²) in [5, 5.41) is 26.0. The summed E-state index contributed by atoms with van der Waals surface area (Å²) >= 11 is 1.70. The van der Waals surface area contributed by atoms with E-state index in [4.69, 9.17) is 0 Å². The molecule has 7 heteroatoms. The number of aliphatic hydroxyl groups is 1. The van der Waals surface area contributed by atoms with E-state index in [2.05, 4.69) is 37.9 Å². The Kier molecular flexibility index (Phi) is 4.54. The monoisotopic (exact) mass is 347 g/mol. The number of rotatable bonds is 5. The fourth-order valence-electron chi connectivity index (χ4n) is 3.48. The molecule has 1 atom stereocenters. The molecule has 130 valence electrons. The van der Waals surface area contributed by atoms with E-state index in [1.807, 2.05) is 0 Å². The van der Waals surface area contributed by atoms with Crippen molar-refractivity contribution < 1.29 is 5.11 Å². The van der Waals surface area contributed by atoms with E-state index in [0.29, 0.717) is 5.92 Å². The van der Waals surface area contributed by atoms with Gasteiger partial charge in [0, 0.05) is 19.5 Å². The Morgan fingerprint density at radius 1 is 1.29 bits per heavy atom. The van der Waals surface area contributed by atoms with Crippen LogP contribution in [0.5, 0.6) is 0 Å². The summed E-state index contributed by atoms with van der Waals surface area (Å²) in [5.74, 6) is 0.403. The Labute approximate surface area is 146 Å². The van der Waals surface area contributed by atoms with Crippen LogP contribution in [0.2, 0.25) is 0 Å². The maximum absolute atomic E-state index is 10.5. The minimum atomic E-state index is -0.399. The van der Waals surface area contributed by atoms with Crippen LogP contribution in [0.1, 0.15) is 61.5 Å². The summed E-state index contributed by atoms with van der Waals surface area (Å²) in [6, 6.07) is 2.09. The van der Waals surface area contributed by atoms with Gasteiger partial charge in [-0.3, -0.25) is 4.68 Å². The third-order valence-corrected chi connectivity index (χ3v) is 6.17. The van der Waals surface area contributed by atoms with Gasteiger partial charge >= 0.3 is 0 Å². The molecule has 3 heterocycles. The third-order valence-electron chi connectivity index (χ3n) is 5.12. The molecule has 0 unspecified atom stereocenters. The molecule has 1 N–H and O–H groups in total. The lowest BCUT2D eigenvalue weighted by Crippen LogP contribution is -2.22. The van der Waals surface area contributed by atoms with Crippen LogP contribution in [0.25, 0.3) is 0 Å². The van der Waals surface area contributed by atoms with Crippen LogP contribution in [-0.4, -0.2) is 31.6 Å². The standard InChI is InChI=1S/C17H25N5OS/c1-2-5-15-18-19-17(24-15)21-8-4-9-22-13(11-21)10-14(20-22)16(23)12-6-3-7-12/h10,12,16,23H,2-9,11H2,1H3/t16-/m1/s1. The first-order chi connectivity index (χ1) is 11.7. The Morgan fingerprint density at radius 2 is 2.17 bits per heavy atom. The van der Waals surface area contributed by atoms with E-state index in [0.717, 1.165) is 67.6 Å². The SMILES string of the molecule is CCCc1nnc(N2CCCn3nc([C@H](O)C4CCC4)cc3C2)s1. The minimum Gasteiger partial charge on any atom is -0.386 e. The summed E-state index contributed by atoms with van der Waals surface area (Å²) in [5.41, 5.74) is 2.02. The van der Waals surface area contributed by atoms with Gasteiger partial charge in [0.05, 0.1) is 17.9 Å². The van der Waals surface area contributed by atoms with Crippen molar-refractivity contribution in [3.05, 3.63) is 22.5 Å². The molecule has 2 aliphatic rings. The Morgan fingerprint density at radius 3 is 2.92 bits per heavy atom. The third kappa shape index (κ3) is 3.07. The van der Waals surface area contributed by atoms with E-state index in [1.165, 1.54) is 12.1 Å². The average molecular weight is 347 g/mol. The number of fused-ring (bicyclic) bond motifs is 1. The zero-order valence-corrected chi connectivity index (χ0v) is 15.0. The number of nitrogens with zero attached hydrogens (tertiary/aromatic N) is 5. The second kappa shape index (κ2) is 6.80. The normalized spacial score (nSPS) is 19.7. The van der Waals surface area contributed by atoms with Crippen molar-refractivity contribution in [1.29, 1.82) is 0 Å². The molecule has 1 aliphatic heterocycles.